The van der Waals surface area contributed by atoms with Gasteiger partial charge in [-0.2, -0.15) is 9.61 Å². The molecular formula is C25H30N6O4. The molecule has 1 saturated carbocycles. The molecule has 1 aliphatic rings. The maximum atomic E-state index is 13.2. The smallest absolute Gasteiger partial charge is 0.291 e. The van der Waals surface area contributed by atoms with Gasteiger partial charge in [-0.15, -0.1) is 0 Å². The second-order valence-electron chi connectivity index (χ2n) is 9.34. The third kappa shape index (κ3) is 5.11. The molecule has 0 aliphatic heterocycles. The van der Waals surface area contributed by atoms with Gasteiger partial charge < -0.3 is 15.3 Å². The number of nitrogens with one attached hydrogen (secondary N) is 1. The summed E-state index contributed by atoms with van der Waals surface area (Å²) in [5.74, 6) is -1.16. The van der Waals surface area contributed by atoms with Crippen molar-refractivity contribution in [2.45, 2.75) is 52.7 Å². The van der Waals surface area contributed by atoms with Crippen LogP contribution in [0.4, 0.5) is 0 Å². The van der Waals surface area contributed by atoms with Crippen molar-refractivity contribution in [2.24, 2.45) is 5.92 Å². The van der Waals surface area contributed by atoms with E-state index in [9.17, 15) is 19.5 Å². The Morgan fingerprint density at radius 2 is 2.06 bits per heavy atom. The highest BCUT2D eigenvalue weighted by Gasteiger charge is 2.30. The number of hydrogen-bond donors (Lipinski definition) is 2. The largest absolute Gasteiger partial charge is 0.494 e. The molecule has 184 valence electrons. The summed E-state index contributed by atoms with van der Waals surface area (Å²) in [5.41, 5.74) is 1.09. The van der Waals surface area contributed by atoms with Crippen molar-refractivity contribution in [1.82, 2.24) is 29.4 Å². The van der Waals surface area contributed by atoms with Gasteiger partial charge in [0.2, 0.25) is 11.8 Å². The van der Waals surface area contributed by atoms with E-state index in [4.69, 9.17) is 0 Å². The molecule has 1 fully saturated rings. The third-order valence-corrected chi connectivity index (χ3v) is 5.80. The van der Waals surface area contributed by atoms with Crippen LogP contribution in [0.2, 0.25) is 0 Å². The predicted molar refractivity (Wildman–Crippen MR) is 131 cm³/mol. The molecule has 2 N–H and O–H groups in total. The number of amides is 2. The van der Waals surface area contributed by atoms with Crippen molar-refractivity contribution in [3.63, 3.8) is 0 Å². The van der Waals surface area contributed by atoms with Crippen LogP contribution < -0.4 is 10.9 Å². The summed E-state index contributed by atoms with van der Waals surface area (Å²) in [4.78, 5) is 44.5. The van der Waals surface area contributed by atoms with E-state index in [2.05, 4.69) is 15.4 Å². The lowest BCUT2D eigenvalue weighted by Gasteiger charge is -2.17. The number of aromatic hydroxyl groups is 1. The van der Waals surface area contributed by atoms with Crippen LogP contribution in [-0.2, 0) is 17.9 Å². The molecule has 2 amide bonds. The highest BCUT2D eigenvalue weighted by Crippen LogP contribution is 2.26. The number of aryl methyl sites for hydroxylation is 1. The molecule has 0 unspecified atom stereocenters. The molecular weight excluding hydrogens is 448 g/mol. The first-order valence-electron chi connectivity index (χ1n) is 11.7. The summed E-state index contributed by atoms with van der Waals surface area (Å²) in [6.07, 6.45) is 6.38. The van der Waals surface area contributed by atoms with Gasteiger partial charge in [-0.05, 0) is 43.9 Å². The van der Waals surface area contributed by atoms with E-state index < -0.39 is 17.3 Å². The molecule has 35 heavy (non-hydrogen) atoms. The summed E-state index contributed by atoms with van der Waals surface area (Å²) < 4.78 is 2.66. The van der Waals surface area contributed by atoms with Crippen molar-refractivity contribution in [3.8, 4) is 5.88 Å². The van der Waals surface area contributed by atoms with E-state index >= 15 is 0 Å². The number of pyridine rings is 1. The van der Waals surface area contributed by atoms with Gasteiger partial charge in [-0.1, -0.05) is 19.9 Å². The Hall–Kier alpha value is -3.95. The molecule has 0 saturated heterocycles. The lowest BCUT2D eigenvalue weighted by atomic mass is 10.1. The molecule has 0 atom stereocenters. The second-order valence-corrected chi connectivity index (χ2v) is 9.34. The Bertz CT molecular complexity index is 1350. The van der Waals surface area contributed by atoms with Gasteiger partial charge >= 0.3 is 0 Å². The Kier molecular flexibility index (Phi) is 6.72. The number of hydrogen-bond acceptors (Lipinski definition) is 6. The molecule has 3 heterocycles. The van der Waals surface area contributed by atoms with Crippen LogP contribution in [0, 0.1) is 12.8 Å². The summed E-state index contributed by atoms with van der Waals surface area (Å²) in [7, 11) is 1.68. The van der Waals surface area contributed by atoms with E-state index in [1.165, 1.54) is 15.5 Å². The van der Waals surface area contributed by atoms with Crippen LogP contribution >= 0.6 is 0 Å². The molecule has 0 spiro atoms. The summed E-state index contributed by atoms with van der Waals surface area (Å²) >= 11 is 0. The van der Waals surface area contributed by atoms with Crippen LogP contribution in [0.3, 0.4) is 0 Å². The highest BCUT2D eigenvalue weighted by atomic mass is 16.3. The zero-order valence-electron chi connectivity index (χ0n) is 20.4. The average molecular weight is 479 g/mol. The first kappa shape index (κ1) is 24.2. The average Bonchev–Trinajstić information content (AvgIpc) is 3.56. The predicted octanol–water partition coefficient (Wildman–Crippen LogP) is 2.13. The third-order valence-electron chi connectivity index (χ3n) is 5.80. The molecule has 1 aliphatic carbocycles. The molecule has 10 heteroatoms. The van der Waals surface area contributed by atoms with Gasteiger partial charge in [-0.25, -0.2) is 0 Å². The summed E-state index contributed by atoms with van der Waals surface area (Å²) in [5, 5.41) is 18.2. The Morgan fingerprint density at radius 1 is 1.31 bits per heavy atom. The second kappa shape index (κ2) is 9.73. The van der Waals surface area contributed by atoms with Gasteiger partial charge in [0.1, 0.15) is 5.65 Å². The molecule has 0 bridgehead atoms. The van der Waals surface area contributed by atoms with Gasteiger partial charge in [0.15, 0.2) is 5.56 Å². The minimum Gasteiger partial charge on any atom is -0.494 e. The van der Waals surface area contributed by atoms with Crippen molar-refractivity contribution in [1.29, 1.82) is 0 Å². The molecule has 4 rings (SSSR count). The fraction of sp³-hybridized carbons (Fsp3) is 0.400. The van der Waals surface area contributed by atoms with Crippen LogP contribution in [0.1, 0.15) is 54.0 Å². The van der Waals surface area contributed by atoms with Crippen LogP contribution in [-0.4, -0.2) is 54.1 Å². The van der Waals surface area contributed by atoms with Crippen LogP contribution in [0.5, 0.6) is 5.88 Å². The fourth-order valence-corrected chi connectivity index (χ4v) is 3.88. The Balaban J connectivity index is 1.74. The van der Waals surface area contributed by atoms with Crippen molar-refractivity contribution in [2.75, 3.05) is 7.05 Å². The van der Waals surface area contributed by atoms with Gasteiger partial charge in [0.05, 0.1) is 17.9 Å². The zero-order valence-corrected chi connectivity index (χ0v) is 20.4. The lowest BCUT2D eigenvalue weighted by Crippen LogP contribution is -2.34. The monoisotopic (exact) mass is 478 g/mol. The Labute approximate surface area is 202 Å². The number of carbonyl (C=O) groups excluding carboxylic acids is 2. The van der Waals surface area contributed by atoms with Crippen LogP contribution in [0.25, 0.3) is 11.7 Å². The number of likely N-dealkylation sites (N-methyl/N-ethyl adjacent to an activating group) is 1. The van der Waals surface area contributed by atoms with E-state index in [1.54, 1.807) is 26.2 Å². The summed E-state index contributed by atoms with van der Waals surface area (Å²) in [6.45, 7) is 6.34. The number of carbonyl (C=O) groups is 2. The maximum Gasteiger partial charge on any atom is 0.291 e. The normalized spacial score (nSPS) is 13.6. The van der Waals surface area contributed by atoms with Crippen molar-refractivity contribution < 1.29 is 14.7 Å². The standard InChI is InChI=1S/C25H30N6O4/c1-15(2)13-30-23-19(10-11-20(32)29(4)14-18-7-5-6-12-26-18)16(3)28-31(23)25(35)21(24(30)34)22(33)27-17-8-9-17/h5-7,10-12,15,17,34H,8-9,13-14H2,1-4H3,(H,27,33). The first-order valence-corrected chi connectivity index (χ1v) is 11.7. The zero-order chi connectivity index (χ0) is 25.3. The van der Waals surface area contributed by atoms with E-state index in [1.807, 2.05) is 32.0 Å². The molecule has 0 radical (unpaired) electrons. The van der Waals surface area contributed by atoms with Gasteiger partial charge in [0, 0.05) is 37.5 Å². The number of fused-ring (bicyclic) bond motifs is 1. The van der Waals surface area contributed by atoms with Crippen molar-refractivity contribution in [3.05, 3.63) is 63.3 Å². The van der Waals surface area contributed by atoms with E-state index in [0.717, 1.165) is 23.1 Å². The SMILES string of the molecule is Cc1nn2c(=O)c(C(=O)NC3CC3)c(O)n(CC(C)C)c2c1C=CC(=O)N(C)Cc1ccccn1. The number of rotatable bonds is 8. The molecule has 3 aromatic rings. The molecule has 10 nitrogen and oxygen atoms in total. The minimum atomic E-state index is -0.697. The van der Waals surface area contributed by atoms with Gasteiger partial charge in [0.25, 0.3) is 11.5 Å². The van der Waals surface area contributed by atoms with Crippen molar-refractivity contribution >= 4 is 23.5 Å². The topological polar surface area (TPSA) is 122 Å². The minimum absolute atomic E-state index is 0.0301. The fourth-order valence-electron chi connectivity index (χ4n) is 3.88. The van der Waals surface area contributed by atoms with Gasteiger partial charge in [-0.3, -0.25) is 23.9 Å². The van der Waals surface area contributed by atoms with E-state index in [-0.39, 0.29) is 23.4 Å². The summed E-state index contributed by atoms with van der Waals surface area (Å²) in [6, 6.07) is 5.54. The number of nitrogens with zero attached hydrogens (tertiary/aromatic N) is 5. The van der Waals surface area contributed by atoms with Crippen LogP contribution in [0.15, 0.2) is 35.3 Å². The molecule has 3 aromatic heterocycles. The van der Waals surface area contributed by atoms with E-state index in [0.29, 0.717) is 30.0 Å². The highest BCUT2D eigenvalue weighted by molar-refractivity contribution is 5.97. The first-order chi connectivity index (χ1) is 16.7. The Morgan fingerprint density at radius 3 is 2.69 bits per heavy atom. The molecule has 0 aromatic carbocycles. The maximum absolute atomic E-state index is 13.2. The quantitative estimate of drug-likeness (QED) is 0.479. The number of aromatic nitrogens is 4. The lowest BCUT2D eigenvalue weighted by molar-refractivity contribution is -0.125.